The maximum Gasteiger partial charge on any atom is 0.490 e. The lowest BCUT2D eigenvalue weighted by Crippen LogP contribution is -2.24. The highest BCUT2D eigenvalue weighted by Gasteiger charge is 2.38. The van der Waals surface area contributed by atoms with Crippen molar-refractivity contribution in [2.75, 3.05) is 0 Å². The molecule has 0 atom stereocenters. The summed E-state index contributed by atoms with van der Waals surface area (Å²) >= 11 is 6.23. The third-order valence-electron chi connectivity index (χ3n) is 5.79. The van der Waals surface area contributed by atoms with Gasteiger partial charge in [-0.2, -0.15) is 23.5 Å². The maximum atomic E-state index is 12.9. The number of carbonyl (C=O) groups excluding carboxylic acids is 1. The van der Waals surface area contributed by atoms with Gasteiger partial charge in [0, 0.05) is 29.4 Å². The lowest BCUT2D eigenvalue weighted by atomic mass is 9.98. The van der Waals surface area contributed by atoms with Crippen molar-refractivity contribution in [3.05, 3.63) is 111 Å². The number of aryl methyl sites for hydroxylation is 1. The molecular weight excluding hydrogens is 547 g/mol. The number of aromatic nitrogens is 3. The topological polar surface area (TPSA) is 121 Å². The van der Waals surface area contributed by atoms with Crippen molar-refractivity contribution in [2.24, 2.45) is 0 Å². The molecule has 0 fully saturated rings. The lowest BCUT2D eigenvalue weighted by Gasteiger charge is -2.11. The SMILES string of the molecule is Cc1nn(-c2ccc(C#N)c(Cl)c2)c(C)c1Cc1ccccc1C(=O)NCc1ccccn1.O=C(O)C(F)(F)F. The van der Waals surface area contributed by atoms with Gasteiger partial charge in [0.25, 0.3) is 5.91 Å². The fourth-order valence-electron chi connectivity index (χ4n) is 3.76. The number of nitrogens with zero attached hydrogens (tertiary/aromatic N) is 4. The number of carboxylic acids is 1. The fourth-order valence-corrected chi connectivity index (χ4v) is 3.98. The first kappa shape index (κ1) is 29.9. The highest BCUT2D eigenvalue weighted by Crippen LogP contribution is 2.25. The third kappa shape index (κ3) is 7.45. The molecule has 0 spiro atoms. The molecule has 0 saturated heterocycles. The number of hydrogen-bond acceptors (Lipinski definition) is 5. The van der Waals surface area contributed by atoms with E-state index in [2.05, 4.69) is 16.4 Å². The Bertz CT molecular complexity index is 1560. The van der Waals surface area contributed by atoms with Crippen LogP contribution in [-0.4, -0.2) is 37.9 Å². The zero-order valence-corrected chi connectivity index (χ0v) is 22.1. The normalized spacial score (nSPS) is 10.7. The van der Waals surface area contributed by atoms with Crippen LogP contribution in [0.3, 0.4) is 0 Å². The number of alkyl halides is 3. The predicted molar refractivity (Wildman–Crippen MR) is 141 cm³/mol. The van der Waals surface area contributed by atoms with E-state index in [-0.39, 0.29) is 5.91 Å². The van der Waals surface area contributed by atoms with E-state index in [4.69, 9.17) is 31.9 Å². The summed E-state index contributed by atoms with van der Waals surface area (Å²) in [7, 11) is 0. The Hall–Kier alpha value is -4.69. The average Bonchev–Trinajstić information content (AvgIpc) is 3.20. The number of nitriles is 1. The Morgan fingerprint density at radius 1 is 1.10 bits per heavy atom. The van der Waals surface area contributed by atoms with Gasteiger partial charge in [0.1, 0.15) is 6.07 Å². The predicted octanol–water partition coefficient (Wildman–Crippen LogP) is 5.56. The van der Waals surface area contributed by atoms with Gasteiger partial charge in [-0.3, -0.25) is 9.78 Å². The second kappa shape index (κ2) is 12.9. The Morgan fingerprint density at radius 2 is 1.77 bits per heavy atom. The van der Waals surface area contributed by atoms with Gasteiger partial charge in [-0.05, 0) is 55.8 Å². The number of carboxylic acid groups (broad SMARTS) is 1. The first-order valence-corrected chi connectivity index (χ1v) is 12.1. The molecule has 0 bridgehead atoms. The van der Waals surface area contributed by atoms with Gasteiger partial charge < -0.3 is 10.4 Å². The van der Waals surface area contributed by atoms with Crippen molar-refractivity contribution in [3.63, 3.8) is 0 Å². The summed E-state index contributed by atoms with van der Waals surface area (Å²) in [5.74, 6) is -2.90. The molecule has 0 saturated carbocycles. The second-order valence-corrected chi connectivity index (χ2v) is 8.88. The first-order valence-electron chi connectivity index (χ1n) is 11.7. The van der Waals surface area contributed by atoms with E-state index >= 15 is 0 Å². The quantitative estimate of drug-likeness (QED) is 0.313. The number of nitrogens with one attached hydrogen (secondary N) is 1. The van der Waals surface area contributed by atoms with E-state index in [1.54, 1.807) is 18.3 Å². The molecule has 12 heteroatoms. The van der Waals surface area contributed by atoms with Crippen molar-refractivity contribution >= 4 is 23.5 Å². The molecule has 2 N–H and O–H groups in total. The van der Waals surface area contributed by atoms with Crippen LogP contribution in [0.2, 0.25) is 5.02 Å². The van der Waals surface area contributed by atoms with Gasteiger partial charge in [0.15, 0.2) is 0 Å². The van der Waals surface area contributed by atoms with Crippen molar-refractivity contribution in [3.8, 4) is 11.8 Å². The molecule has 4 aromatic rings. The molecule has 2 heterocycles. The minimum absolute atomic E-state index is 0.141. The summed E-state index contributed by atoms with van der Waals surface area (Å²) in [6.07, 6.45) is -2.81. The van der Waals surface area contributed by atoms with E-state index in [1.807, 2.05) is 67.1 Å². The minimum atomic E-state index is -5.08. The summed E-state index contributed by atoms with van der Waals surface area (Å²) in [6.45, 7) is 4.31. The Balaban J connectivity index is 0.000000559. The monoisotopic (exact) mass is 569 g/mol. The zero-order chi connectivity index (χ0) is 29.4. The zero-order valence-electron chi connectivity index (χ0n) is 21.3. The number of aliphatic carboxylic acids is 1. The highest BCUT2D eigenvalue weighted by molar-refractivity contribution is 6.31. The van der Waals surface area contributed by atoms with Crippen LogP contribution in [0.15, 0.2) is 66.9 Å². The van der Waals surface area contributed by atoms with E-state index < -0.39 is 12.1 Å². The summed E-state index contributed by atoms with van der Waals surface area (Å²) in [5.41, 5.74) is 6.42. The van der Waals surface area contributed by atoms with Crippen LogP contribution in [0.5, 0.6) is 0 Å². The number of benzene rings is 2. The largest absolute Gasteiger partial charge is 0.490 e. The van der Waals surface area contributed by atoms with Crippen LogP contribution in [0.1, 0.15) is 44.1 Å². The molecule has 0 aliphatic carbocycles. The minimum Gasteiger partial charge on any atom is -0.475 e. The summed E-state index contributed by atoms with van der Waals surface area (Å²) in [4.78, 5) is 26.1. The smallest absolute Gasteiger partial charge is 0.475 e. The number of hydrogen-bond donors (Lipinski definition) is 2. The number of pyridine rings is 1. The number of halogens is 4. The van der Waals surface area contributed by atoms with Crippen molar-refractivity contribution in [1.82, 2.24) is 20.1 Å². The molecule has 8 nitrogen and oxygen atoms in total. The first-order chi connectivity index (χ1) is 18.9. The lowest BCUT2D eigenvalue weighted by molar-refractivity contribution is -0.192. The van der Waals surface area contributed by atoms with Crippen LogP contribution in [0.25, 0.3) is 5.69 Å². The fraction of sp³-hybridized carbons (Fsp3) is 0.179. The van der Waals surface area contributed by atoms with Crippen molar-refractivity contribution in [2.45, 2.75) is 33.0 Å². The molecular formula is C28H23ClF3N5O3. The van der Waals surface area contributed by atoms with E-state index in [1.165, 1.54) is 0 Å². The van der Waals surface area contributed by atoms with Crippen LogP contribution in [0.4, 0.5) is 13.2 Å². The molecule has 0 aliphatic rings. The standard InChI is InChI=1S/C26H22ClN5O.C2HF3O2/c1-17-24(18(2)32(31-17)22-11-10-20(15-28)25(27)14-22)13-19-7-3-4-9-23(19)26(33)30-16-21-8-5-6-12-29-21;3-2(4,5)1(6)7/h3-12,14H,13,16H2,1-2H3,(H,30,33);(H,6,7). The molecule has 4 rings (SSSR count). The van der Waals surface area contributed by atoms with Gasteiger partial charge in [-0.1, -0.05) is 35.9 Å². The van der Waals surface area contributed by atoms with Gasteiger partial charge in [-0.25, -0.2) is 9.48 Å². The average molecular weight is 570 g/mol. The number of amides is 1. The molecule has 2 aromatic heterocycles. The van der Waals surface area contributed by atoms with Gasteiger partial charge in [-0.15, -0.1) is 0 Å². The van der Waals surface area contributed by atoms with Crippen LogP contribution < -0.4 is 5.32 Å². The van der Waals surface area contributed by atoms with Gasteiger partial charge >= 0.3 is 12.1 Å². The Kier molecular flexibility index (Phi) is 9.63. The van der Waals surface area contributed by atoms with Crippen molar-refractivity contribution < 1.29 is 27.9 Å². The summed E-state index contributed by atoms with van der Waals surface area (Å²) < 4.78 is 33.6. The summed E-state index contributed by atoms with van der Waals surface area (Å²) in [5, 5.41) is 24.3. The van der Waals surface area contributed by atoms with Crippen LogP contribution in [0, 0.1) is 25.2 Å². The van der Waals surface area contributed by atoms with E-state index in [9.17, 15) is 18.0 Å². The molecule has 0 unspecified atom stereocenters. The second-order valence-electron chi connectivity index (χ2n) is 8.48. The molecule has 206 valence electrons. The van der Waals surface area contributed by atoms with E-state index in [0.29, 0.717) is 29.1 Å². The number of carbonyl (C=O) groups is 2. The highest BCUT2D eigenvalue weighted by atomic mass is 35.5. The Labute approximate surface area is 232 Å². The van der Waals surface area contributed by atoms with Gasteiger partial charge in [0.05, 0.1) is 34.2 Å². The molecule has 40 heavy (non-hydrogen) atoms. The maximum absolute atomic E-state index is 12.9. The van der Waals surface area contributed by atoms with Crippen LogP contribution >= 0.6 is 11.6 Å². The van der Waals surface area contributed by atoms with Crippen LogP contribution in [-0.2, 0) is 17.8 Å². The molecule has 0 radical (unpaired) electrons. The summed E-state index contributed by atoms with van der Waals surface area (Å²) in [6, 6.07) is 20.5. The molecule has 2 aromatic carbocycles. The van der Waals surface area contributed by atoms with Crippen molar-refractivity contribution in [1.29, 1.82) is 5.26 Å². The number of rotatable bonds is 6. The Morgan fingerprint density at radius 3 is 2.38 bits per heavy atom. The third-order valence-corrected chi connectivity index (χ3v) is 6.10. The molecule has 1 amide bonds. The molecule has 0 aliphatic heterocycles. The van der Waals surface area contributed by atoms with E-state index in [0.717, 1.165) is 33.9 Å². The van der Waals surface area contributed by atoms with Gasteiger partial charge in [0.2, 0.25) is 0 Å².